The zero-order chi connectivity index (χ0) is 14.1. The molecule has 20 heavy (non-hydrogen) atoms. The van der Waals surface area contributed by atoms with Crippen LogP contribution in [0.5, 0.6) is 0 Å². The Labute approximate surface area is 131 Å². The number of rotatable bonds is 2. The van der Waals surface area contributed by atoms with Crippen LogP contribution in [-0.4, -0.2) is 11.9 Å². The second-order valence-electron chi connectivity index (χ2n) is 3.97. The van der Waals surface area contributed by atoms with Gasteiger partial charge in [0.25, 0.3) is 0 Å². The Balaban J connectivity index is 1.94. The van der Waals surface area contributed by atoms with Gasteiger partial charge in [0.05, 0.1) is 4.47 Å². The summed E-state index contributed by atoms with van der Waals surface area (Å²) in [6.07, 6.45) is 1.54. The van der Waals surface area contributed by atoms with Crippen LogP contribution in [0.4, 0.5) is 0 Å². The lowest BCUT2D eigenvalue weighted by atomic mass is 10.2. The molecule has 0 radical (unpaired) electrons. The standard InChI is InChI=1S/C14H7Br2NO3/c15-10-6-9(19-12(10)16)7-11-14(18)20-13(17-11)8-4-2-1-3-5-8/h1-7H/b11-7-. The van der Waals surface area contributed by atoms with Gasteiger partial charge in [-0.15, -0.1) is 0 Å². The molecule has 0 spiro atoms. The maximum Gasteiger partial charge on any atom is 0.363 e. The molecule has 6 heteroatoms. The van der Waals surface area contributed by atoms with E-state index in [1.807, 2.05) is 30.3 Å². The summed E-state index contributed by atoms with van der Waals surface area (Å²) < 4.78 is 11.9. The summed E-state index contributed by atoms with van der Waals surface area (Å²) in [5, 5.41) is 0. The van der Waals surface area contributed by atoms with Crippen LogP contribution >= 0.6 is 31.9 Å². The molecule has 1 aromatic heterocycles. The van der Waals surface area contributed by atoms with Gasteiger partial charge in [-0.05, 0) is 50.1 Å². The molecule has 0 aliphatic carbocycles. The number of hydrogen-bond donors (Lipinski definition) is 0. The van der Waals surface area contributed by atoms with Crippen molar-refractivity contribution in [3.05, 3.63) is 62.6 Å². The van der Waals surface area contributed by atoms with Crippen molar-refractivity contribution in [1.82, 2.24) is 0 Å². The second-order valence-corrected chi connectivity index (χ2v) is 5.55. The van der Waals surface area contributed by atoms with Gasteiger partial charge in [0.2, 0.25) is 5.90 Å². The third-order valence-electron chi connectivity index (χ3n) is 2.58. The van der Waals surface area contributed by atoms with Crippen molar-refractivity contribution < 1.29 is 13.9 Å². The summed E-state index contributed by atoms with van der Waals surface area (Å²) in [5.74, 6) is 0.313. The van der Waals surface area contributed by atoms with Crippen LogP contribution in [0.25, 0.3) is 6.08 Å². The Morgan fingerprint density at radius 1 is 1.15 bits per heavy atom. The predicted octanol–water partition coefficient (Wildman–Crippen LogP) is 4.15. The molecular formula is C14H7Br2NO3. The molecule has 1 aliphatic rings. The van der Waals surface area contributed by atoms with Crippen molar-refractivity contribution in [1.29, 1.82) is 0 Å². The van der Waals surface area contributed by atoms with Gasteiger partial charge in [0.15, 0.2) is 10.4 Å². The van der Waals surface area contributed by atoms with E-state index in [1.165, 1.54) is 6.08 Å². The van der Waals surface area contributed by atoms with Gasteiger partial charge in [-0.25, -0.2) is 9.79 Å². The minimum absolute atomic E-state index is 0.206. The first-order valence-electron chi connectivity index (χ1n) is 5.66. The number of esters is 1. The molecule has 3 rings (SSSR count). The van der Waals surface area contributed by atoms with Gasteiger partial charge < -0.3 is 9.15 Å². The van der Waals surface area contributed by atoms with E-state index < -0.39 is 5.97 Å². The number of halogens is 2. The zero-order valence-corrected chi connectivity index (χ0v) is 13.1. The summed E-state index contributed by atoms with van der Waals surface area (Å²) in [5.41, 5.74) is 0.962. The van der Waals surface area contributed by atoms with Crippen LogP contribution in [0.3, 0.4) is 0 Å². The Hall–Kier alpha value is -1.66. The molecule has 0 amide bonds. The van der Waals surface area contributed by atoms with E-state index in [1.54, 1.807) is 6.07 Å². The van der Waals surface area contributed by atoms with Crippen LogP contribution in [0, 0.1) is 0 Å². The molecule has 4 nitrogen and oxygen atoms in total. The zero-order valence-electron chi connectivity index (χ0n) is 9.97. The van der Waals surface area contributed by atoms with Crippen molar-refractivity contribution in [2.75, 3.05) is 0 Å². The Bertz CT molecular complexity index is 713. The van der Waals surface area contributed by atoms with E-state index in [2.05, 4.69) is 36.9 Å². The quantitative estimate of drug-likeness (QED) is 0.566. The molecule has 0 saturated carbocycles. The van der Waals surface area contributed by atoms with Crippen molar-refractivity contribution in [3.63, 3.8) is 0 Å². The average molecular weight is 397 g/mol. The fourth-order valence-electron chi connectivity index (χ4n) is 1.68. The molecule has 0 atom stereocenters. The lowest BCUT2D eigenvalue weighted by Crippen LogP contribution is -2.04. The maximum atomic E-state index is 11.8. The number of carbonyl (C=O) groups excluding carboxylic acids is 1. The van der Waals surface area contributed by atoms with Crippen LogP contribution in [0.1, 0.15) is 11.3 Å². The summed E-state index contributed by atoms with van der Waals surface area (Å²) in [7, 11) is 0. The third-order valence-corrected chi connectivity index (χ3v) is 4.29. The van der Waals surface area contributed by atoms with Gasteiger partial charge in [0.1, 0.15) is 5.76 Å². The molecule has 100 valence electrons. The summed E-state index contributed by atoms with van der Waals surface area (Å²) in [6.45, 7) is 0. The molecule has 2 aromatic rings. The van der Waals surface area contributed by atoms with Crippen molar-refractivity contribution in [2.24, 2.45) is 4.99 Å². The van der Waals surface area contributed by atoms with Crippen molar-refractivity contribution in [3.8, 4) is 0 Å². The molecule has 1 aromatic carbocycles. The molecule has 0 bridgehead atoms. The smallest absolute Gasteiger partial charge is 0.363 e. The lowest BCUT2D eigenvalue weighted by Gasteiger charge is -1.97. The lowest BCUT2D eigenvalue weighted by molar-refractivity contribution is -0.129. The highest BCUT2D eigenvalue weighted by molar-refractivity contribution is 9.13. The van der Waals surface area contributed by atoms with E-state index in [9.17, 15) is 4.79 Å². The highest BCUT2D eigenvalue weighted by Gasteiger charge is 2.24. The van der Waals surface area contributed by atoms with Crippen molar-refractivity contribution >= 4 is 49.8 Å². The van der Waals surface area contributed by atoms with E-state index >= 15 is 0 Å². The Morgan fingerprint density at radius 2 is 1.90 bits per heavy atom. The number of ether oxygens (including phenoxy) is 1. The average Bonchev–Trinajstić information content (AvgIpc) is 2.95. The highest BCUT2D eigenvalue weighted by atomic mass is 79.9. The van der Waals surface area contributed by atoms with Crippen LogP contribution in [0.15, 0.2) is 60.6 Å². The van der Waals surface area contributed by atoms with E-state index in [0.717, 1.165) is 10.0 Å². The Morgan fingerprint density at radius 3 is 2.55 bits per heavy atom. The molecule has 0 unspecified atom stereocenters. The number of benzene rings is 1. The Kier molecular flexibility index (Phi) is 3.58. The first-order valence-corrected chi connectivity index (χ1v) is 7.25. The number of furan rings is 1. The number of hydrogen-bond acceptors (Lipinski definition) is 4. The first kappa shape index (κ1) is 13.3. The molecule has 1 aliphatic heterocycles. The van der Waals surface area contributed by atoms with E-state index in [4.69, 9.17) is 9.15 Å². The highest BCUT2D eigenvalue weighted by Crippen LogP contribution is 2.29. The third kappa shape index (κ3) is 2.62. The summed E-state index contributed by atoms with van der Waals surface area (Å²) in [4.78, 5) is 16.0. The van der Waals surface area contributed by atoms with Crippen LogP contribution in [-0.2, 0) is 9.53 Å². The topological polar surface area (TPSA) is 51.8 Å². The van der Waals surface area contributed by atoms with Gasteiger partial charge in [-0.1, -0.05) is 18.2 Å². The minimum Gasteiger partial charge on any atom is -0.449 e. The normalized spacial score (nSPS) is 16.4. The minimum atomic E-state index is -0.493. The predicted molar refractivity (Wildman–Crippen MR) is 81.2 cm³/mol. The fraction of sp³-hybridized carbons (Fsp3) is 0. The summed E-state index contributed by atoms with van der Waals surface area (Å²) in [6, 6.07) is 11.0. The van der Waals surface area contributed by atoms with Crippen molar-refractivity contribution in [2.45, 2.75) is 0 Å². The monoisotopic (exact) mass is 395 g/mol. The van der Waals surface area contributed by atoms with Gasteiger partial charge >= 0.3 is 5.97 Å². The van der Waals surface area contributed by atoms with Crippen LogP contribution < -0.4 is 0 Å². The summed E-state index contributed by atoms with van der Waals surface area (Å²) >= 11 is 6.54. The number of carbonyl (C=O) groups is 1. The first-order chi connectivity index (χ1) is 9.63. The number of aliphatic imine (C=N–C) groups is 1. The van der Waals surface area contributed by atoms with Gasteiger partial charge in [-0.3, -0.25) is 0 Å². The van der Waals surface area contributed by atoms with Crippen LogP contribution in [0.2, 0.25) is 0 Å². The second kappa shape index (κ2) is 5.38. The largest absolute Gasteiger partial charge is 0.449 e. The fourth-order valence-corrected chi connectivity index (χ4v) is 2.29. The molecule has 2 heterocycles. The molecular weight excluding hydrogens is 390 g/mol. The van der Waals surface area contributed by atoms with Gasteiger partial charge in [-0.2, -0.15) is 0 Å². The number of nitrogens with zero attached hydrogens (tertiary/aromatic N) is 1. The SMILES string of the molecule is O=C1OC(c2ccccc2)=N/C1=C\c1cc(Br)c(Br)o1. The maximum absolute atomic E-state index is 11.8. The van der Waals surface area contributed by atoms with Gasteiger partial charge in [0, 0.05) is 11.6 Å². The molecule has 0 N–H and O–H groups in total. The molecule has 0 fully saturated rings. The van der Waals surface area contributed by atoms with E-state index in [0.29, 0.717) is 16.3 Å². The van der Waals surface area contributed by atoms with E-state index in [-0.39, 0.29) is 5.70 Å². The molecule has 0 saturated heterocycles. The number of cyclic esters (lactones) is 1.